The molecule has 0 bridgehead atoms. The monoisotopic (exact) mass is 340 g/mol. The lowest BCUT2D eigenvalue weighted by molar-refractivity contribution is 0.0994. The van der Waals surface area contributed by atoms with Crippen molar-refractivity contribution >= 4 is 28.6 Å². The molecule has 5 heteroatoms. The third kappa shape index (κ3) is 3.46. The van der Waals surface area contributed by atoms with Crippen molar-refractivity contribution in [3.8, 4) is 5.75 Å². The van der Waals surface area contributed by atoms with E-state index in [0.29, 0.717) is 0 Å². The molecular formula is C19H20N2O2S. The SMILES string of the molecule is CCc1ccc(C(=O)[C@@H](C)Sc2nc3ccc(OC)cc3[nH]2)cc1. The molecule has 1 heterocycles. The summed E-state index contributed by atoms with van der Waals surface area (Å²) in [5.74, 6) is 0.892. The molecule has 0 spiro atoms. The zero-order valence-electron chi connectivity index (χ0n) is 14.0. The van der Waals surface area contributed by atoms with Crippen molar-refractivity contribution in [3.63, 3.8) is 0 Å². The van der Waals surface area contributed by atoms with Gasteiger partial charge in [0, 0.05) is 11.6 Å². The fourth-order valence-electron chi connectivity index (χ4n) is 2.51. The van der Waals surface area contributed by atoms with Crippen LogP contribution < -0.4 is 4.74 Å². The van der Waals surface area contributed by atoms with Crippen molar-refractivity contribution in [3.05, 3.63) is 53.6 Å². The average molecular weight is 340 g/mol. The number of Topliss-reactive ketones (excluding diaryl/α,β-unsaturated/α-hetero) is 1. The van der Waals surface area contributed by atoms with Crippen molar-refractivity contribution < 1.29 is 9.53 Å². The highest BCUT2D eigenvalue weighted by molar-refractivity contribution is 8.00. The van der Waals surface area contributed by atoms with E-state index in [2.05, 4.69) is 16.9 Å². The van der Waals surface area contributed by atoms with Crippen LogP contribution in [0.2, 0.25) is 0 Å². The van der Waals surface area contributed by atoms with E-state index in [-0.39, 0.29) is 11.0 Å². The first-order chi connectivity index (χ1) is 11.6. The molecule has 0 amide bonds. The van der Waals surface area contributed by atoms with E-state index in [0.717, 1.165) is 33.9 Å². The van der Waals surface area contributed by atoms with Gasteiger partial charge in [0.15, 0.2) is 10.9 Å². The van der Waals surface area contributed by atoms with Gasteiger partial charge in [-0.15, -0.1) is 0 Å². The van der Waals surface area contributed by atoms with Gasteiger partial charge in [-0.05, 0) is 31.0 Å². The van der Waals surface area contributed by atoms with Gasteiger partial charge in [0.25, 0.3) is 0 Å². The highest BCUT2D eigenvalue weighted by Crippen LogP contribution is 2.27. The molecule has 1 aromatic heterocycles. The number of fused-ring (bicyclic) bond motifs is 1. The third-order valence-electron chi connectivity index (χ3n) is 3.97. The number of benzene rings is 2. The number of imidazole rings is 1. The van der Waals surface area contributed by atoms with E-state index in [1.165, 1.54) is 17.3 Å². The van der Waals surface area contributed by atoms with Crippen LogP contribution in [0.15, 0.2) is 47.6 Å². The summed E-state index contributed by atoms with van der Waals surface area (Å²) in [6.45, 7) is 4.01. The molecule has 0 aliphatic heterocycles. The predicted molar refractivity (Wildman–Crippen MR) is 98.1 cm³/mol. The fraction of sp³-hybridized carbons (Fsp3) is 0.263. The predicted octanol–water partition coefficient (Wildman–Crippen LogP) is 4.50. The minimum atomic E-state index is -0.208. The van der Waals surface area contributed by atoms with Gasteiger partial charge in [0.2, 0.25) is 0 Å². The van der Waals surface area contributed by atoms with E-state index in [1.807, 2.05) is 49.4 Å². The van der Waals surface area contributed by atoms with E-state index in [1.54, 1.807) is 7.11 Å². The molecule has 124 valence electrons. The molecule has 0 fully saturated rings. The van der Waals surface area contributed by atoms with E-state index in [9.17, 15) is 4.79 Å². The minimum Gasteiger partial charge on any atom is -0.497 e. The summed E-state index contributed by atoms with van der Waals surface area (Å²) in [7, 11) is 1.64. The summed E-state index contributed by atoms with van der Waals surface area (Å²) in [5, 5.41) is 0.532. The van der Waals surface area contributed by atoms with Crippen LogP contribution in [0.5, 0.6) is 5.75 Å². The second kappa shape index (κ2) is 7.09. The Morgan fingerprint density at radius 1 is 1.25 bits per heavy atom. The van der Waals surface area contributed by atoms with Gasteiger partial charge in [0.1, 0.15) is 5.75 Å². The number of hydrogen-bond donors (Lipinski definition) is 1. The Bertz CT molecular complexity index is 855. The number of aromatic amines is 1. The number of nitrogens with zero attached hydrogens (tertiary/aromatic N) is 1. The second-order valence-electron chi connectivity index (χ2n) is 5.60. The second-order valence-corrected chi connectivity index (χ2v) is 6.93. The number of methoxy groups -OCH3 is 1. The number of nitrogens with one attached hydrogen (secondary N) is 1. The van der Waals surface area contributed by atoms with E-state index < -0.39 is 0 Å². The van der Waals surface area contributed by atoms with Gasteiger partial charge in [-0.25, -0.2) is 4.98 Å². The molecule has 1 atom stereocenters. The number of H-pyrrole nitrogens is 1. The first-order valence-corrected chi connectivity index (χ1v) is 8.82. The Hall–Kier alpha value is -2.27. The molecule has 0 unspecified atom stereocenters. The standard InChI is InChI=1S/C19H20N2O2S/c1-4-13-5-7-14(8-6-13)18(22)12(2)24-19-20-16-10-9-15(23-3)11-17(16)21-19/h5-12H,4H2,1-3H3,(H,20,21)/t12-/m1/s1. The quantitative estimate of drug-likeness (QED) is 0.530. The molecule has 0 aliphatic rings. The molecule has 0 radical (unpaired) electrons. The topological polar surface area (TPSA) is 55.0 Å². The van der Waals surface area contributed by atoms with E-state index >= 15 is 0 Å². The summed E-state index contributed by atoms with van der Waals surface area (Å²) in [4.78, 5) is 20.4. The van der Waals surface area contributed by atoms with Crippen molar-refractivity contribution in [1.82, 2.24) is 9.97 Å². The molecule has 3 rings (SSSR count). The van der Waals surface area contributed by atoms with Crippen LogP contribution in [-0.2, 0) is 6.42 Å². The molecule has 0 saturated heterocycles. The lowest BCUT2D eigenvalue weighted by Crippen LogP contribution is -2.13. The summed E-state index contributed by atoms with van der Waals surface area (Å²) >= 11 is 1.44. The Labute approximate surface area is 145 Å². The molecule has 2 aromatic carbocycles. The minimum absolute atomic E-state index is 0.112. The third-order valence-corrected chi connectivity index (χ3v) is 4.96. The Morgan fingerprint density at radius 3 is 2.67 bits per heavy atom. The smallest absolute Gasteiger partial charge is 0.175 e. The van der Waals surface area contributed by atoms with Crippen LogP contribution in [0.1, 0.15) is 29.8 Å². The zero-order valence-corrected chi connectivity index (χ0v) is 14.8. The first kappa shape index (κ1) is 16.6. The number of thioether (sulfide) groups is 1. The van der Waals surface area contributed by atoms with Crippen LogP contribution >= 0.6 is 11.8 Å². The van der Waals surface area contributed by atoms with Gasteiger partial charge in [-0.2, -0.15) is 0 Å². The van der Waals surface area contributed by atoms with Crippen molar-refractivity contribution in [2.45, 2.75) is 30.7 Å². The van der Waals surface area contributed by atoms with Crippen LogP contribution in [0.3, 0.4) is 0 Å². The molecule has 3 aromatic rings. The van der Waals surface area contributed by atoms with Crippen LogP contribution in [0.25, 0.3) is 11.0 Å². The summed E-state index contributed by atoms with van der Waals surface area (Å²) in [5.41, 5.74) is 3.75. The Kier molecular flexibility index (Phi) is 4.90. The van der Waals surface area contributed by atoms with E-state index in [4.69, 9.17) is 4.74 Å². The Balaban J connectivity index is 1.75. The maximum absolute atomic E-state index is 12.6. The number of carbonyl (C=O) groups is 1. The fourth-order valence-corrected chi connectivity index (χ4v) is 3.41. The molecule has 1 N–H and O–H groups in total. The number of ketones is 1. The van der Waals surface area contributed by atoms with Gasteiger partial charge >= 0.3 is 0 Å². The highest BCUT2D eigenvalue weighted by atomic mass is 32.2. The molecule has 0 saturated carbocycles. The molecule has 0 aliphatic carbocycles. The van der Waals surface area contributed by atoms with Crippen molar-refractivity contribution in [2.24, 2.45) is 0 Å². The maximum Gasteiger partial charge on any atom is 0.175 e. The molecule has 4 nitrogen and oxygen atoms in total. The Morgan fingerprint density at radius 2 is 2.00 bits per heavy atom. The average Bonchev–Trinajstić information content (AvgIpc) is 3.02. The van der Waals surface area contributed by atoms with Crippen LogP contribution in [0.4, 0.5) is 0 Å². The van der Waals surface area contributed by atoms with Gasteiger partial charge in [-0.3, -0.25) is 4.79 Å². The molecule has 24 heavy (non-hydrogen) atoms. The number of hydrogen-bond acceptors (Lipinski definition) is 4. The number of ether oxygens (including phenoxy) is 1. The van der Waals surface area contributed by atoms with Crippen LogP contribution in [0, 0.1) is 0 Å². The highest BCUT2D eigenvalue weighted by Gasteiger charge is 2.18. The number of carbonyl (C=O) groups excluding carboxylic acids is 1. The van der Waals surface area contributed by atoms with Crippen LogP contribution in [-0.4, -0.2) is 28.1 Å². The summed E-state index contributed by atoms with van der Waals surface area (Å²) < 4.78 is 5.22. The number of aryl methyl sites for hydroxylation is 1. The number of rotatable bonds is 6. The zero-order chi connectivity index (χ0) is 17.1. The first-order valence-electron chi connectivity index (χ1n) is 7.94. The summed E-state index contributed by atoms with van der Waals surface area (Å²) in [6.07, 6.45) is 0.973. The lowest BCUT2D eigenvalue weighted by atomic mass is 10.1. The van der Waals surface area contributed by atoms with Crippen molar-refractivity contribution in [1.29, 1.82) is 0 Å². The van der Waals surface area contributed by atoms with Crippen molar-refractivity contribution in [2.75, 3.05) is 7.11 Å². The normalized spacial score (nSPS) is 12.3. The van der Waals surface area contributed by atoms with Gasteiger partial charge in [0.05, 0.1) is 23.4 Å². The van der Waals surface area contributed by atoms with Gasteiger partial charge in [-0.1, -0.05) is 43.0 Å². The maximum atomic E-state index is 12.6. The number of aromatic nitrogens is 2. The van der Waals surface area contributed by atoms with Gasteiger partial charge < -0.3 is 9.72 Å². The molecular weight excluding hydrogens is 320 g/mol. The lowest BCUT2D eigenvalue weighted by Gasteiger charge is -2.08. The summed E-state index contributed by atoms with van der Waals surface area (Å²) in [6, 6.07) is 13.5. The largest absolute Gasteiger partial charge is 0.497 e.